The summed E-state index contributed by atoms with van der Waals surface area (Å²) in [6.45, 7) is 7.59. The highest BCUT2D eigenvalue weighted by Gasteiger charge is 2.25. The molecular formula is C45H36N4O4S5. The molecule has 0 spiro atoms. The third-order valence-corrected chi connectivity index (χ3v) is 15.0. The van der Waals surface area contributed by atoms with Crippen molar-refractivity contribution in [1.82, 2.24) is 9.97 Å². The zero-order chi connectivity index (χ0) is 40.0. The van der Waals surface area contributed by atoms with Crippen LogP contribution >= 0.6 is 45.8 Å². The molecule has 0 N–H and O–H groups in total. The van der Waals surface area contributed by atoms with Crippen molar-refractivity contribution in [2.24, 2.45) is 0 Å². The molecule has 4 heterocycles. The van der Waals surface area contributed by atoms with Gasteiger partial charge < -0.3 is 9.45 Å². The van der Waals surface area contributed by atoms with E-state index < -0.39 is 10.4 Å². The van der Waals surface area contributed by atoms with E-state index in [1.54, 1.807) is 22.7 Å². The fourth-order valence-corrected chi connectivity index (χ4v) is 12.0. The molecule has 1 aliphatic rings. The first-order chi connectivity index (χ1) is 28.2. The lowest BCUT2D eigenvalue weighted by molar-refractivity contribution is -0.665. The summed E-state index contributed by atoms with van der Waals surface area (Å²) in [5, 5.41) is 9.67. The van der Waals surface area contributed by atoms with Gasteiger partial charge in [0.05, 0.1) is 37.8 Å². The summed E-state index contributed by atoms with van der Waals surface area (Å²) in [5.74, 6) is 0. The summed E-state index contributed by atoms with van der Waals surface area (Å²) < 4.78 is 38.2. The Labute approximate surface area is 352 Å². The Morgan fingerprint density at radius 3 is 1.97 bits per heavy atom. The van der Waals surface area contributed by atoms with Gasteiger partial charge >= 0.3 is 0 Å². The fraction of sp³-hybridized carbons (Fsp3) is 0.133. The standard InChI is InChI=1S/C43H31N4S4.C2H6O4S/c1-3-46-34-24-28(42-44-32-20-16-26-10-5-7-12-30(26)40(32)50-42)18-22-36(34)48-38(46)14-9-15-39-47(4-2)35-25-29(19-23-37(35)49-39)43-45-33-21-17-27-11-6-8-13-31(27)41(33)51-43;1-2-6-7(3,4)5/h5-25H,3-4H2,1-2H3;2H2,1H3,(H,3,4,5)/q+1;/p-1. The maximum absolute atomic E-state index is 9.45. The summed E-state index contributed by atoms with van der Waals surface area (Å²) in [5.41, 5.74) is 6.97. The number of allylic oxidation sites excluding steroid dienone is 2. The van der Waals surface area contributed by atoms with E-state index in [1.807, 2.05) is 23.1 Å². The molecule has 9 aromatic rings. The van der Waals surface area contributed by atoms with E-state index in [4.69, 9.17) is 9.97 Å². The minimum Gasteiger partial charge on any atom is -0.726 e. The first-order valence-electron chi connectivity index (χ1n) is 18.8. The Morgan fingerprint density at radius 1 is 0.759 bits per heavy atom. The number of nitrogens with zero attached hydrogens (tertiary/aromatic N) is 4. The van der Waals surface area contributed by atoms with Crippen LogP contribution in [0.4, 0.5) is 5.69 Å². The van der Waals surface area contributed by atoms with Crippen molar-refractivity contribution >= 4 is 120 Å². The van der Waals surface area contributed by atoms with Crippen LogP contribution < -0.4 is 9.47 Å². The van der Waals surface area contributed by atoms with Gasteiger partial charge in [0.1, 0.15) is 21.3 Å². The van der Waals surface area contributed by atoms with Crippen molar-refractivity contribution < 1.29 is 21.7 Å². The number of aryl methyl sites for hydroxylation is 1. The molecule has 3 aromatic heterocycles. The highest BCUT2D eigenvalue weighted by Crippen LogP contribution is 2.48. The Kier molecular flexibility index (Phi) is 10.6. The molecule has 0 bridgehead atoms. The van der Waals surface area contributed by atoms with Crippen LogP contribution in [0.25, 0.3) is 79.4 Å². The molecular weight excluding hydrogens is 821 g/mol. The summed E-state index contributed by atoms with van der Waals surface area (Å²) in [4.78, 5) is 13.8. The number of hydrogen-bond acceptors (Lipinski definition) is 11. The summed E-state index contributed by atoms with van der Waals surface area (Å²) in [6, 6.07) is 39.4. The predicted octanol–water partition coefficient (Wildman–Crippen LogP) is 12.0. The monoisotopic (exact) mass is 856 g/mol. The van der Waals surface area contributed by atoms with Crippen LogP contribution in [0.15, 0.2) is 131 Å². The normalized spacial score (nSPS) is 13.8. The maximum Gasteiger partial charge on any atom is 0.262 e. The van der Waals surface area contributed by atoms with Gasteiger partial charge in [0.15, 0.2) is 0 Å². The van der Waals surface area contributed by atoms with E-state index in [0.29, 0.717) is 0 Å². The molecule has 0 aliphatic carbocycles. The highest BCUT2D eigenvalue weighted by molar-refractivity contribution is 8.03. The molecule has 0 radical (unpaired) electrons. The second-order valence-corrected chi connectivity index (χ2v) is 18.6. The predicted molar refractivity (Wildman–Crippen MR) is 244 cm³/mol. The van der Waals surface area contributed by atoms with E-state index in [0.717, 1.165) is 34.1 Å². The van der Waals surface area contributed by atoms with Crippen LogP contribution in [0, 0.1) is 0 Å². The summed E-state index contributed by atoms with van der Waals surface area (Å²) in [7, 11) is -4.42. The van der Waals surface area contributed by atoms with E-state index in [2.05, 4.69) is 155 Å². The van der Waals surface area contributed by atoms with Crippen molar-refractivity contribution in [3.05, 3.63) is 131 Å². The van der Waals surface area contributed by atoms with Gasteiger partial charge in [-0.3, -0.25) is 4.18 Å². The van der Waals surface area contributed by atoms with Gasteiger partial charge in [0, 0.05) is 45.5 Å². The van der Waals surface area contributed by atoms with Crippen molar-refractivity contribution in [3.8, 4) is 21.1 Å². The van der Waals surface area contributed by atoms with Gasteiger partial charge in [-0.15, -0.1) is 22.7 Å². The minimum absolute atomic E-state index is 0.0914. The van der Waals surface area contributed by atoms with Crippen molar-refractivity contribution in [2.75, 3.05) is 18.1 Å². The maximum atomic E-state index is 9.45. The second kappa shape index (κ2) is 16.0. The number of hydrogen-bond donors (Lipinski definition) is 0. The van der Waals surface area contributed by atoms with Crippen LogP contribution in [0.3, 0.4) is 0 Å². The molecule has 0 atom stereocenters. The quantitative estimate of drug-likeness (QED) is 0.0846. The van der Waals surface area contributed by atoms with Crippen molar-refractivity contribution in [3.63, 3.8) is 0 Å². The van der Waals surface area contributed by atoms with Crippen molar-refractivity contribution in [2.45, 2.75) is 32.2 Å². The number of anilines is 1. The molecule has 6 aromatic carbocycles. The number of aromatic nitrogens is 3. The molecule has 0 saturated carbocycles. The lowest BCUT2D eigenvalue weighted by atomic mass is 10.1. The lowest BCUT2D eigenvalue weighted by Crippen LogP contribution is -2.33. The zero-order valence-electron chi connectivity index (χ0n) is 31.7. The molecule has 0 amide bonds. The molecule has 0 unspecified atom stereocenters. The first-order valence-corrected chi connectivity index (χ1v) is 23.4. The number of benzene rings is 6. The molecule has 8 nitrogen and oxygen atoms in total. The molecule has 10 rings (SSSR count). The van der Waals surface area contributed by atoms with Gasteiger partial charge in [0.25, 0.3) is 5.01 Å². The first kappa shape index (κ1) is 38.5. The van der Waals surface area contributed by atoms with Gasteiger partial charge in [-0.25, -0.2) is 18.4 Å². The number of thiazole rings is 3. The third kappa shape index (κ3) is 7.43. The van der Waals surface area contributed by atoms with Gasteiger partial charge in [-0.1, -0.05) is 102 Å². The Hall–Kier alpha value is -4.99. The van der Waals surface area contributed by atoms with Gasteiger partial charge in [-0.05, 0) is 68.0 Å². The number of thioether (sulfide) groups is 1. The number of rotatable bonds is 8. The van der Waals surface area contributed by atoms with Crippen LogP contribution in [0.1, 0.15) is 25.8 Å². The topological polar surface area (TPSA) is 99.3 Å². The molecule has 290 valence electrons. The van der Waals surface area contributed by atoms with Gasteiger partial charge in [0.2, 0.25) is 15.9 Å². The Morgan fingerprint density at radius 2 is 1.38 bits per heavy atom. The van der Waals surface area contributed by atoms with E-state index in [1.165, 1.54) is 79.8 Å². The molecule has 58 heavy (non-hydrogen) atoms. The SMILES string of the molecule is CCN1/C(=C/C=C/c2sc3ccc(-c4nc5ccc6ccccc6c5s4)cc3[n+]2CC)Sc2ccc(-c3nc4ccc5ccccc5c4s3)cc21.CCOS(=O)(=O)[O-]. The highest BCUT2D eigenvalue weighted by atomic mass is 32.3. The van der Waals surface area contributed by atoms with E-state index >= 15 is 0 Å². The van der Waals surface area contributed by atoms with Crippen LogP contribution in [-0.2, 0) is 21.1 Å². The lowest BCUT2D eigenvalue weighted by Gasteiger charge is -2.18. The minimum atomic E-state index is -4.42. The van der Waals surface area contributed by atoms with E-state index in [-0.39, 0.29) is 6.61 Å². The smallest absolute Gasteiger partial charge is 0.262 e. The summed E-state index contributed by atoms with van der Waals surface area (Å²) >= 11 is 7.25. The average molecular weight is 857 g/mol. The Balaban J connectivity index is 0.000000573. The van der Waals surface area contributed by atoms with Crippen LogP contribution in [0.5, 0.6) is 0 Å². The van der Waals surface area contributed by atoms with Crippen LogP contribution in [-0.4, -0.2) is 36.1 Å². The molecule has 0 saturated heterocycles. The zero-order valence-corrected chi connectivity index (χ0v) is 35.8. The third-order valence-electron chi connectivity index (χ3n) is 9.89. The van der Waals surface area contributed by atoms with Crippen LogP contribution in [0.2, 0.25) is 0 Å². The number of fused-ring (bicyclic) bond motifs is 8. The molecule has 13 heteroatoms. The van der Waals surface area contributed by atoms with Gasteiger partial charge in [-0.2, -0.15) is 4.57 Å². The average Bonchev–Trinajstić information content (AvgIpc) is 4.02. The van der Waals surface area contributed by atoms with E-state index in [9.17, 15) is 13.0 Å². The molecule has 0 fully saturated rings. The van der Waals surface area contributed by atoms with Crippen molar-refractivity contribution in [1.29, 1.82) is 0 Å². The second-order valence-electron chi connectivity index (χ2n) is 13.4. The largest absolute Gasteiger partial charge is 0.726 e. The Bertz CT molecular complexity index is 3200. The fourth-order valence-electron chi connectivity index (χ4n) is 7.28. The summed E-state index contributed by atoms with van der Waals surface area (Å²) in [6.07, 6.45) is 6.74. The molecule has 1 aliphatic heterocycles.